The number of carbonyl (C=O) groups is 1. The van der Waals surface area contributed by atoms with Crippen LogP contribution in [0.2, 0.25) is 0 Å². The van der Waals surface area contributed by atoms with Crippen molar-refractivity contribution >= 4 is 23.5 Å². The molecule has 0 bridgehead atoms. The number of thioether (sulfide) groups is 1. The average Bonchev–Trinajstić information content (AvgIpc) is 3.24. The van der Waals surface area contributed by atoms with Gasteiger partial charge < -0.3 is 10.1 Å². The number of unbranched alkanes of at least 4 members (excludes halogenated alkanes) is 1. The third-order valence-corrected chi connectivity index (χ3v) is 7.29. The largest absolute Gasteiger partial charge is 0.489 e. The number of allylic oxidation sites excluding steroid dienone is 2. The molecule has 0 radical (unpaired) electrons. The first-order valence-corrected chi connectivity index (χ1v) is 13.6. The van der Waals surface area contributed by atoms with Gasteiger partial charge >= 0.3 is 0 Å². The summed E-state index contributed by atoms with van der Waals surface area (Å²) >= 11 is 1.65. The van der Waals surface area contributed by atoms with Gasteiger partial charge in [0.15, 0.2) is 5.78 Å². The number of Topliss-reactive ketones (excluding diaryl/α,β-unsaturated/α-hetero) is 1. The van der Waals surface area contributed by atoms with Gasteiger partial charge in [-0.05, 0) is 54.5 Å². The van der Waals surface area contributed by atoms with E-state index < -0.39 is 0 Å². The molecule has 1 unspecified atom stereocenters. The first-order valence-electron chi connectivity index (χ1n) is 12.6. The number of aromatic nitrogens is 3. The maximum Gasteiger partial charge on any atom is 0.227 e. The second-order valence-corrected chi connectivity index (χ2v) is 11.4. The summed E-state index contributed by atoms with van der Waals surface area (Å²) in [6, 6.07) is 16.2. The topological polar surface area (TPSA) is 69.0 Å². The molecule has 0 fully saturated rings. The molecule has 1 atom stereocenters. The van der Waals surface area contributed by atoms with Crippen LogP contribution in [0.25, 0.3) is 0 Å². The van der Waals surface area contributed by atoms with Crippen molar-refractivity contribution in [1.82, 2.24) is 14.8 Å². The van der Waals surface area contributed by atoms with Crippen molar-refractivity contribution in [2.24, 2.45) is 0 Å². The van der Waals surface area contributed by atoms with Crippen LogP contribution in [0.5, 0.6) is 5.75 Å². The number of nitrogens with zero attached hydrogens (tertiary/aromatic N) is 3. The van der Waals surface area contributed by atoms with Crippen LogP contribution in [0.15, 0.2) is 65.0 Å². The molecular weight excluding hydrogens is 468 g/mol. The summed E-state index contributed by atoms with van der Waals surface area (Å²) in [6.07, 6.45) is 2.25. The number of fused-ring (bicyclic) bond motifs is 1. The fourth-order valence-corrected chi connectivity index (χ4v) is 5.19. The zero-order chi connectivity index (χ0) is 25.9. The maximum absolute atomic E-state index is 12.6. The molecule has 36 heavy (non-hydrogen) atoms. The standard InChI is InChI=1S/C29H36N4O2S/c1-7-8-17-36-28-31-27-30-19(2)25(20(3)34)26(33(27)32-28)22-11-15-24(16-12-22)35-18-21-9-13-23(14-10-21)29(4,5)6/h9-16,26H,7-8,17-18H2,1-6H3,(H,30,31,32). The minimum atomic E-state index is -0.328. The second kappa shape index (κ2) is 10.9. The molecule has 1 aliphatic heterocycles. The zero-order valence-electron chi connectivity index (χ0n) is 22.1. The molecule has 0 spiro atoms. The molecule has 190 valence electrons. The van der Waals surface area contributed by atoms with E-state index in [2.05, 4.69) is 62.3 Å². The molecule has 2 heterocycles. The molecule has 6 nitrogen and oxygen atoms in total. The van der Waals surface area contributed by atoms with Crippen LogP contribution in [0.3, 0.4) is 0 Å². The molecule has 0 saturated carbocycles. The van der Waals surface area contributed by atoms with Gasteiger partial charge in [0.05, 0.1) is 0 Å². The monoisotopic (exact) mass is 504 g/mol. The highest BCUT2D eigenvalue weighted by Gasteiger charge is 2.32. The van der Waals surface area contributed by atoms with Gasteiger partial charge in [0, 0.05) is 17.0 Å². The summed E-state index contributed by atoms with van der Waals surface area (Å²) in [7, 11) is 0. The van der Waals surface area contributed by atoms with E-state index in [-0.39, 0.29) is 17.2 Å². The Kier molecular flexibility index (Phi) is 7.88. The summed E-state index contributed by atoms with van der Waals surface area (Å²) < 4.78 is 7.89. The van der Waals surface area contributed by atoms with E-state index in [4.69, 9.17) is 9.84 Å². The lowest BCUT2D eigenvalue weighted by molar-refractivity contribution is -0.114. The van der Waals surface area contributed by atoms with Crippen LogP contribution < -0.4 is 10.1 Å². The van der Waals surface area contributed by atoms with E-state index in [1.54, 1.807) is 18.7 Å². The number of carbonyl (C=O) groups excluding carboxylic acids is 1. The average molecular weight is 505 g/mol. The lowest BCUT2D eigenvalue weighted by Gasteiger charge is -2.28. The predicted molar refractivity (Wildman–Crippen MR) is 147 cm³/mol. The first-order chi connectivity index (χ1) is 17.2. The zero-order valence-corrected chi connectivity index (χ0v) is 22.9. The fourth-order valence-electron chi connectivity index (χ4n) is 4.28. The normalized spacial score (nSPS) is 15.4. The van der Waals surface area contributed by atoms with Crippen LogP contribution in [-0.4, -0.2) is 26.3 Å². The van der Waals surface area contributed by atoms with Gasteiger partial charge in [0.2, 0.25) is 11.1 Å². The molecule has 4 rings (SSSR count). The van der Waals surface area contributed by atoms with Crippen LogP contribution in [0, 0.1) is 0 Å². The minimum Gasteiger partial charge on any atom is -0.489 e. The molecule has 1 aliphatic rings. The van der Waals surface area contributed by atoms with E-state index in [9.17, 15) is 4.79 Å². The summed E-state index contributed by atoms with van der Waals surface area (Å²) in [5, 5.41) is 8.76. The number of hydrogen-bond acceptors (Lipinski definition) is 6. The van der Waals surface area contributed by atoms with Crippen molar-refractivity contribution in [2.75, 3.05) is 11.1 Å². The number of benzene rings is 2. The van der Waals surface area contributed by atoms with Crippen LogP contribution in [0.1, 0.15) is 77.1 Å². The number of nitrogens with one attached hydrogen (secondary N) is 1. The van der Waals surface area contributed by atoms with E-state index >= 15 is 0 Å². The Morgan fingerprint density at radius 3 is 2.42 bits per heavy atom. The molecule has 2 aromatic carbocycles. The number of ether oxygens (including phenoxy) is 1. The summed E-state index contributed by atoms with van der Waals surface area (Å²) in [6.45, 7) is 12.8. The van der Waals surface area contributed by atoms with Crippen LogP contribution >= 0.6 is 11.8 Å². The smallest absolute Gasteiger partial charge is 0.227 e. The van der Waals surface area contributed by atoms with Gasteiger partial charge in [0.1, 0.15) is 18.4 Å². The quantitative estimate of drug-likeness (QED) is 0.252. The van der Waals surface area contributed by atoms with Gasteiger partial charge in [-0.3, -0.25) is 4.79 Å². The SMILES string of the molecule is CCCCSc1nc2n(n1)C(c1ccc(OCc3ccc(C(C)(C)C)cc3)cc1)C(C(C)=O)=C(C)N2. The summed E-state index contributed by atoms with van der Waals surface area (Å²) in [5.41, 5.74) is 5.06. The third kappa shape index (κ3) is 5.84. The van der Waals surface area contributed by atoms with Crippen molar-refractivity contribution in [1.29, 1.82) is 0 Å². The Balaban J connectivity index is 1.53. The Hall–Kier alpha value is -3.06. The van der Waals surface area contributed by atoms with Crippen molar-refractivity contribution in [3.05, 3.63) is 76.5 Å². The lowest BCUT2D eigenvalue weighted by Crippen LogP contribution is -2.27. The van der Waals surface area contributed by atoms with Crippen molar-refractivity contribution < 1.29 is 9.53 Å². The first kappa shape index (κ1) is 26.0. The third-order valence-electron chi connectivity index (χ3n) is 6.36. The second-order valence-electron chi connectivity index (χ2n) is 10.3. The van der Waals surface area contributed by atoms with E-state index in [1.165, 1.54) is 5.56 Å². The van der Waals surface area contributed by atoms with Gasteiger partial charge in [-0.2, -0.15) is 4.98 Å². The molecule has 0 aliphatic carbocycles. The highest BCUT2D eigenvalue weighted by molar-refractivity contribution is 7.99. The number of ketones is 1. The summed E-state index contributed by atoms with van der Waals surface area (Å²) in [4.78, 5) is 17.3. The van der Waals surface area contributed by atoms with Crippen molar-refractivity contribution in [2.45, 2.75) is 77.6 Å². The number of rotatable bonds is 9. The van der Waals surface area contributed by atoms with E-state index in [1.807, 2.05) is 35.9 Å². The number of anilines is 1. The molecule has 3 aromatic rings. The van der Waals surface area contributed by atoms with E-state index in [0.29, 0.717) is 18.1 Å². The maximum atomic E-state index is 12.6. The molecular formula is C29H36N4O2S. The summed E-state index contributed by atoms with van der Waals surface area (Å²) in [5.74, 6) is 2.44. The predicted octanol–water partition coefficient (Wildman–Crippen LogP) is 6.92. The van der Waals surface area contributed by atoms with Crippen molar-refractivity contribution in [3.63, 3.8) is 0 Å². The van der Waals surface area contributed by atoms with Gasteiger partial charge in [-0.15, -0.1) is 5.10 Å². The van der Waals surface area contributed by atoms with Gasteiger partial charge in [-0.1, -0.05) is 82.3 Å². The number of hydrogen-bond donors (Lipinski definition) is 1. The molecule has 7 heteroatoms. The van der Waals surface area contributed by atoms with Crippen LogP contribution in [-0.2, 0) is 16.8 Å². The van der Waals surface area contributed by atoms with Crippen molar-refractivity contribution in [3.8, 4) is 5.75 Å². The highest BCUT2D eigenvalue weighted by atomic mass is 32.2. The fraction of sp³-hybridized carbons (Fsp3) is 0.414. The molecule has 0 amide bonds. The van der Waals surface area contributed by atoms with Gasteiger partial charge in [0.25, 0.3) is 0 Å². The Bertz CT molecular complexity index is 1240. The van der Waals surface area contributed by atoms with E-state index in [0.717, 1.165) is 46.3 Å². The molecule has 1 N–H and O–H groups in total. The van der Waals surface area contributed by atoms with Crippen LogP contribution in [0.4, 0.5) is 5.95 Å². The molecule has 1 aromatic heterocycles. The Morgan fingerprint density at radius 1 is 1.11 bits per heavy atom. The highest BCUT2D eigenvalue weighted by Crippen LogP contribution is 2.37. The lowest BCUT2D eigenvalue weighted by atomic mass is 9.87. The minimum absolute atomic E-state index is 0.0189. The van der Waals surface area contributed by atoms with Gasteiger partial charge in [-0.25, -0.2) is 4.68 Å². The molecule has 0 saturated heterocycles. The Labute approximate surface area is 218 Å². The Morgan fingerprint density at radius 2 is 1.81 bits per heavy atom.